The van der Waals surface area contributed by atoms with Gasteiger partial charge in [0.2, 0.25) is 0 Å². The first-order valence-electron chi connectivity index (χ1n) is 4.37. The van der Waals surface area contributed by atoms with E-state index in [4.69, 9.17) is 5.26 Å². The zero-order chi connectivity index (χ0) is 12.1. The number of nitriles is 1. The number of hydrogen-bond donors (Lipinski definition) is 1. The Morgan fingerprint density at radius 1 is 1.50 bits per heavy atom. The van der Waals surface area contributed by atoms with Gasteiger partial charge in [0.25, 0.3) is 5.91 Å². The number of amides is 1. The molecular formula is C11H8F2N2O. The molecule has 0 aliphatic rings. The van der Waals surface area contributed by atoms with Crippen LogP contribution in [0.15, 0.2) is 23.8 Å². The molecule has 0 unspecified atom stereocenters. The van der Waals surface area contributed by atoms with Crippen LogP contribution in [0.4, 0.5) is 8.78 Å². The van der Waals surface area contributed by atoms with E-state index >= 15 is 0 Å². The van der Waals surface area contributed by atoms with Gasteiger partial charge in [-0.3, -0.25) is 4.79 Å². The molecule has 3 nitrogen and oxygen atoms in total. The summed E-state index contributed by atoms with van der Waals surface area (Å²) in [7, 11) is 1.34. The Hall–Kier alpha value is -2.22. The molecule has 1 amide bonds. The van der Waals surface area contributed by atoms with E-state index in [1.54, 1.807) is 6.07 Å². The van der Waals surface area contributed by atoms with Gasteiger partial charge in [0.05, 0.1) is 0 Å². The number of halogens is 2. The average Bonchev–Trinajstić information content (AvgIpc) is 2.29. The minimum Gasteiger partial charge on any atom is -0.354 e. The lowest BCUT2D eigenvalue weighted by Crippen LogP contribution is -2.19. The van der Waals surface area contributed by atoms with Gasteiger partial charge >= 0.3 is 0 Å². The van der Waals surface area contributed by atoms with Crippen molar-refractivity contribution in [1.29, 1.82) is 5.26 Å². The molecule has 0 radical (unpaired) electrons. The minimum absolute atomic E-state index is 0.139. The molecule has 0 heterocycles. The van der Waals surface area contributed by atoms with Crippen molar-refractivity contribution < 1.29 is 13.6 Å². The highest BCUT2D eigenvalue weighted by atomic mass is 19.1. The molecule has 0 aliphatic carbocycles. The quantitative estimate of drug-likeness (QED) is 0.610. The predicted octanol–water partition coefficient (Wildman–Crippen LogP) is 1.62. The van der Waals surface area contributed by atoms with Gasteiger partial charge in [-0.05, 0) is 24.3 Å². The maximum Gasteiger partial charge on any atom is 0.261 e. The Kier molecular flexibility index (Phi) is 3.72. The van der Waals surface area contributed by atoms with Crippen LogP contribution in [0.2, 0.25) is 0 Å². The Bertz CT molecular complexity index is 489. The highest BCUT2D eigenvalue weighted by molar-refractivity contribution is 6.01. The van der Waals surface area contributed by atoms with Gasteiger partial charge in [-0.15, -0.1) is 0 Å². The maximum absolute atomic E-state index is 13.2. The Balaban J connectivity index is 3.19. The summed E-state index contributed by atoms with van der Waals surface area (Å²) in [4.78, 5) is 11.1. The van der Waals surface area contributed by atoms with Crippen LogP contribution in [0, 0.1) is 23.0 Å². The number of nitrogens with one attached hydrogen (secondary N) is 1. The summed E-state index contributed by atoms with van der Waals surface area (Å²) in [5.41, 5.74) is -0.424. The molecule has 1 rings (SSSR count). The normalized spacial score (nSPS) is 10.8. The molecule has 82 valence electrons. The SMILES string of the molecule is CNC(=O)/C(C#N)=C\c1cc(F)ccc1F. The number of rotatable bonds is 2. The van der Waals surface area contributed by atoms with Crippen LogP contribution in [0.1, 0.15) is 5.56 Å². The van der Waals surface area contributed by atoms with Gasteiger partial charge in [-0.1, -0.05) is 0 Å². The van der Waals surface area contributed by atoms with Crippen molar-refractivity contribution in [2.24, 2.45) is 0 Å². The molecule has 0 aliphatic heterocycles. The summed E-state index contributed by atoms with van der Waals surface area (Å²) < 4.78 is 26.0. The smallest absolute Gasteiger partial charge is 0.261 e. The predicted molar refractivity (Wildman–Crippen MR) is 54.0 cm³/mol. The monoisotopic (exact) mass is 222 g/mol. The van der Waals surface area contributed by atoms with Crippen molar-refractivity contribution in [2.75, 3.05) is 7.05 Å². The van der Waals surface area contributed by atoms with E-state index in [1.807, 2.05) is 0 Å². The lowest BCUT2D eigenvalue weighted by molar-refractivity contribution is -0.116. The largest absolute Gasteiger partial charge is 0.354 e. The van der Waals surface area contributed by atoms with Gasteiger partial charge in [-0.2, -0.15) is 5.26 Å². The fraction of sp³-hybridized carbons (Fsp3) is 0.0909. The van der Waals surface area contributed by atoms with E-state index in [1.165, 1.54) is 7.05 Å². The van der Waals surface area contributed by atoms with Crippen molar-refractivity contribution >= 4 is 12.0 Å². The number of likely N-dealkylation sites (N-methyl/N-ethyl adjacent to an activating group) is 1. The fourth-order valence-corrected chi connectivity index (χ4v) is 1.06. The molecule has 0 atom stereocenters. The van der Waals surface area contributed by atoms with Crippen LogP contribution in [-0.4, -0.2) is 13.0 Å². The first kappa shape index (κ1) is 11.9. The van der Waals surface area contributed by atoms with Crippen LogP contribution in [0.25, 0.3) is 6.08 Å². The van der Waals surface area contributed by atoms with Gasteiger partial charge in [0.15, 0.2) is 0 Å². The molecule has 0 bridgehead atoms. The van der Waals surface area contributed by atoms with E-state index in [0.29, 0.717) is 0 Å². The number of carbonyl (C=O) groups excluding carboxylic acids is 1. The molecule has 16 heavy (non-hydrogen) atoms. The molecule has 0 aromatic heterocycles. The average molecular weight is 222 g/mol. The van der Waals surface area contributed by atoms with E-state index in [0.717, 1.165) is 24.3 Å². The lowest BCUT2D eigenvalue weighted by Gasteiger charge is -1.99. The summed E-state index contributed by atoms with van der Waals surface area (Å²) in [5.74, 6) is -1.98. The van der Waals surface area contributed by atoms with Crippen LogP contribution in [-0.2, 0) is 4.79 Å². The molecule has 1 N–H and O–H groups in total. The number of hydrogen-bond acceptors (Lipinski definition) is 2. The van der Waals surface area contributed by atoms with Gasteiger partial charge in [0, 0.05) is 12.6 Å². The molecule has 0 fully saturated rings. The van der Waals surface area contributed by atoms with E-state index in [9.17, 15) is 13.6 Å². The molecular weight excluding hydrogens is 214 g/mol. The van der Waals surface area contributed by atoms with Gasteiger partial charge in [0.1, 0.15) is 23.3 Å². The topological polar surface area (TPSA) is 52.9 Å². The Morgan fingerprint density at radius 2 is 2.19 bits per heavy atom. The van der Waals surface area contributed by atoms with Crippen LogP contribution >= 0.6 is 0 Å². The van der Waals surface area contributed by atoms with E-state index in [-0.39, 0.29) is 11.1 Å². The number of benzene rings is 1. The van der Waals surface area contributed by atoms with Crippen molar-refractivity contribution in [3.05, 3.63) is 41.0 Å². The summed E-state index contributed by atoms with van der Waals surface area (Å²) >= 11 is 0. The highest BCUT2D eigenvalue weighted by Crippen LogP contribution is 2.13. The van der Waals surface area contributed by atoms with Crippen molar-refractivity contribution in [2.45, 2.75) is 0 Å². The molecule has 5 heteroatoms. The van der Waals surface area contributed by atoms with E-state index in [2.05, 4.69) is 5.32 Å². The molecule has 0 saturated heterocycles. The Morgan fingerprint density at radius 3 is 2.75 bits per heavy atom. The van der Waals surface area contributed by atoms with E-state index < -0.39 is 17.5 Å². The maximum atomic E-state index is 13.2. The second-order valence-corrected chi connectivity index (χ2v) is 2.91. The molecule has 0 spiro atoms. The van der Waals surface area contributed by atoms with Crippen molar-refractivity contribution in [3.63, 3.8) is 0 Å². The van der Waals surface area contributed by atoms with Crippen molar-refractivity contribution in [3.8, 4) is 6.07 Å². The second kappa shape index (κ2) is 5.03. The summed E-state index contributed by atoms with van der Waals surface area (Å²) in [5, 5.41) is 10.9. The lowest BCUT2D eigenvalue weighted by atomic mass is 10.1. The zero-order valence-corrected chi connectivity index (χ0v) is 8.42. The van der Waals surface area contributed by atoms with Crippen molar-refractivity contribution in [1.82, 2.24) is 5.32 Å². The molecule has 1 aromatic carbocycles. The molecule has 1 aromatic rings. The third-order valence-corrected chi connectivity index (χ3v) is 1.85. The van der Waals surface area contributed by atoms with Crippen LogP contribution < -0.4 is 5.32 Å². The summed E-state index contributed by atoms with van der Waals surface area (Å²) in [6.07, 6.45) is 0.997. The third kappa shape index (κ3) is 2.64. The highest BCUT2D eigenvalue weighted by Gasteiger charge is 2.08. The number of nitrogens with zero attached hydrogens (tertiary/aromatic N) is 1. The first-order valence-corrected chi connectivity index (χ1v) is 4.37. The standard InChI is InChI=1S/C11H8F2N2O/c1-15-11(16)8(6-14)4-7-5-9(12)2-3-10(7)13/h2-5H,1H3,(H,15,16)/b8-4-. The molecule has 0 saturated carbocycles. The van der Waals surface area contributed by atoms with Gasteiger partial charge in [-0.25, -0.2) is 8.78 Å². The fourth-order valence-electron chi connectivity index (χ4n) is 1.06. The Labute approximate surface area is 91.0 Å². The minimum atomic E-state index is -0.696. The number of carbonyl (C=O) groups is 1. The first-order chi connectivity index (χ1) is 7.58. The summed E-state index contributed by atoms with van der Waals surface area (Å²) in [6, 6.07) is 4.41. The second-order valence-electron chi connectivity index (χ2n) is 2.91. The van der Waals surface area contributed by atoms with Crippen LogP contribution in [0.5, 0.6) is 0 Å². The third-order valence-electron chi connectivity index (χ3n) is 1.85. The zero-order valence-electron chi connectivity index (χ0n) is 8.42. The van der Waals surface area contributed by atoms with Gasteiger partial charge < -0.3 is 5.32 Å². The van der Waals surface area contributed by atoms with Crippen LogP contribution in [0.3, 0.4) is 0 Å². The summed E-state index contributed by atoms with van der Waals surface area (Å²) in [6.45, 7) is 0.